The molecule has 0 bridgehead atoms. The maximum atomic E-state index is 8.89. The second kappa shape index (κ2) is 21.2. The van der Waals surface area contributed by atoms with Gasteiger partial charge in [0.15, 0.2) is 0 Å². The third-order valence-corrected chi connectivity index (χ3v) is 0. The molecule has 0 saturated carbocycles. The molecule has 0 atom stereocenters. The summed E-state index contributed by atoms with van der Waals surface area (Å²) < 4.78 is 53.3. The van der Waals surface area contributed by atoms with Gasteiger partial charge in [0.2, 0.25) is 0 Å². The van der Waals surface area contributed by atoms with Crippen LogP contribution in [0.25, 0.3) is 0 Å². The van der Waals surface area contributed by atoms with Crippen LogP contribution >= 0.6 is 0 Å². The zero-order valence-electron chi connectivity index (χ0n) is 6.96. The van der Waals surface area contributed by atoms with Gasteiger partial charge in [0, 0.05) is 0 Å². The number of halogens is 2. The molecule has 0 radical (unpaired) electrons. The molecule has 0 aromatic carbocycles. The first-order valence-electron chi connectivity index (χ1n) is 1.33. The van der Waals surface area contributed by atoms with Crippen LogP contribution in [0.1, 0.15) is 0 Å². The van der Waals surface area contributed by atoms with Gasteiger partial charge in [-0.05, 0) is 22.4 Å². The molecule has 0 unspecified atom stereocenters. The fourth-order valence-corrected chi connectivity index (χ4v) is 0. The van der Waals surface area contributed by atoms with Gasteiger partial charge in [-0.2, -0.15) is 0 Å². The first-order valence-corrected chi connectivity index (χ1v) is 6.00. The summed E-state index contributed by atoms with van der Waals surface area (Å²) in [7, 11) is -8.67. The fourth-order valence-electron chi connectivity index (χ4n) is 0. The molecule has 0 fully saturated rings. The summed E-state index contributed by atoms with van der Waals surface area (Å²) in [5.74, 6) is 0. The van der Waals surface area contributed by atoms with Crippen LogP contribution in [0.3, 0.4) is 0 Å². The first kappa shape index (κ1) is 42.7. The van der Waals surface area contributed by atoms with E-state index in [2.05, 4.69) is 22.4 Å². The van der Waals surface area contributed by atoms with Crippen LogP contribution in [0.5, 0.6) is 0 Å². The summed E-state index contributed by atoms with van der Waals surface area (Å²) in [6.45, 7) is 0. The van der Waals surface area contributed by atoms with Crippen LogP contribution in [-0.2, 0) is 40.5 Å². The average Bonchev–Trinajstić information content (AvgIpc) is 1.12. The largest absolute Gasteiger partial charge is 2.00 e. The van der Waals surface area contributed by atoms with E-state index < -0.39 is 18.1 Å². The Bertz CT molecular complexity index is 225. The van der Waals surface area contributed by atoms with E-state index in [0.29, 0.717) is 0 Å². The Morgan fingerprint density at radius 2 is 0.667 bits per heavy atom. The van der Waals surface area contributed by atoms with Crippen LogP contribution in [0.2, 0.25) is 0 Å². The third kappa shape index (κ3) is 223. The molecule has 15 heteroatoms. The van der Waals surface area contributed by atoms with Gasteiger partial charge >= 0.3 is 113 Å². The van der Waals surface area contributed by atoms with Gasteiger partial charge in [0.25, 0.3) is 0 Å². The second-order valence-corrected chi connectivity index (χ2v) is 4.90. The van der Waals surface area contributed by atoms with Crippen molar-refractivity contribution in [1.82, 2.24) is 0 Å². The second-order valence-electron chi connectivity index (χ2n) is 0.816. The van der Waals surface area contributed by atoms with E-state index in [4.69, 9.17) is 26.6 Å². The minimum absolute atomic E-state index is 0. The summed E-state index contributed by atoms with van der Waals surface area (Å²) in [4.78, 5) is 0. The molecule has 6 nitrogen and oxygen atoms in total. The van der Waals surface area contributed by atoms with Crippen LogP contribution in [0.4, 0.5) is 0 Å². The molecule has 0 aliphatic carbocycles. The van der Waals surface area contributed by atoms with E-state index in [1.807, 2.05) is 0 Å². The first-order chi connectivity index (χ1) is 4.00. The molecule has 0 aliphatic heterocycles. The third-order valence-electron chi connectivity index (χ3n) is 0. The van der Waals surface area contributed by atoms with Crippen LogP contribution in [0, 0.1) is 0 Å². The van der Waals surface area contributed by atoms with E-state index in [-0.39, 0.29) is 138 Å². The van der Waals surface area contributed by atoms with Gasteiger partial charge in [0.1, 0.15) is 0 Å². The Labute approximate surface area is 200 Å². The Hall–Kier alpha value is 4.94. The van der Waals surface area contributed by atoms with Crippen molar-refractivity contribution in [2.24, 2.45) is 0 Å². The molecule has 15 heavy (non-hydrogen) atoms. The van der Waals surface area contributed by atoms with Crippen molar-refractivity contribution in [3.8, 4) is 0 Å². The van der Waals surface area contributed by atoms with Gasteiger partial charge in [-0.15, -0.1) is 18.1 Å². The molecular weight excluding hydrogens is 415 g/mol. The molecule has 0 saturated heterocycles. The zero-order valence-corrected chi connectivity index (χ0v) is 18.4. The fraction of sp³-hybridized carbons (Fsp3) is 0. The molecule has 0 heterocycles. The number of rotatable bonds is 0. The Morgan fingerprint density at radius 3 is 0.667 bits per heavy atom. The molecule has 0 amide bonds. The Kier molecular flexibility index (Phi) is 60.5. The van der Waals surface area contributed by atoms with Gasteiger partial charge in [-0.1, -0.05) is 0 Å². The standard InChI is InChI=1S/3Ca.2ClH.2H2O3S2/c;;;;;2*1-5(2,3)4/h;;;2*1H;2*(H2,1,2,3,4)/q3*+2;;;;/p-6. The maximum absolute atomic E-state index is 8.89. The predicted octanol–water partition coefficient (Wildman–Crippen LogP) is -9.15. The minimum Gasteiger partial charge on any atom is -1.00 e. The molecule has 80 valence electrons. The van der Waals surface area contributed by atoms with Crippen molar-refractivity contribution < 1.29 is 51.4 Å². The summed E-state index contributed by atoms with van der Waals surface area (Å²) in [5, 5.41) is 0. The smallest absolute Gasteiger partial charge is 1.00 e. The molecule has 0 aromatic heterocycles. The maximum Gasteiger partial charge on any atom is 2.00 e. The van der Waals surface area contributed by atoms with Crippen molar-refractivity contribution >= 4 is 154 Å². The Balaban J connectivity index is -0.0000000128. The zero-order chi connectivity index (χ0) is 9.00. The molecular formula is Ca3Cl2O6S4. The average molecular weight is 415 g/mol. The molecule has 0 spiro atoms. The normalized spacial score (nSPS) is 7.73. The van der Waals surface area contributed by atoms with Crippen molar-refractivity contribution in [3.63, 3.8) is 0 Å². The Morgan fingerprint density at radius 1 is 0.667 bits per heavy atom. The minimum atomic E-state index is -4.33. The van der Waals surface area contributed by atoms with Crippen LogP contribution in [-0.4, -0.2) is 140 Å². The van der Waals surface area contributed by atoms with Gasteiger partial charge in [-0.3, -0.25) is 8.42 Å². The monoisotopic (exact) mass is 414 g/mol. The van der Waals surface area contributed by atoms with Gasteiger partial charge in [0.05, 0.1) is 0 Å². The van der Waals surface area contributed by atoms with Crippen molar-refractivity contribution in [2.45, 2.75) is 0 Å². The predicted molar refractivity (Wildman–Crippen MR) is 51.4 cm³/mol. The van der Waals surface area contributed by atoms with Crippen molar-refractivity contribution in [1.29, 1.82) is 0 Å². The van der Waals surface area contributed by atoms with E-state index in [9.17, 15) is 0 Å². The SMILES string of the molecule is O=S([O-])([O-])=S.O=S([O-])([O-])=S.[Ca+2].[Ca+2].[Ca+2].[Cl-].[Cl-]. The quantitative estimate of drug-likeness (QED) is 0.357. The summed E-state index contributed by atoms with van der Waals surface area (Å²) in [6.07, 6.45) is 0. The number of hydrogen-bond acceptors (Lipinski definition) is 8. The molecule has 0 aromatic rings. The van der Waals surface area contributed by atoms with Gasteiger partial charge in [-0.25, -0.2) is 0 Å². The molecule has 0 rings (SSSR count). The summed E-state index contributed by atoms with van der Waals surface area (Å²) in [6, 6.07) is 0. The molecule has 0 aliphatic rings. The van der Waals surface area contributed by atoms with Gasteiger partial charge < -0.3 is 43.0 Å². The summed E-state index contributed by atoms with van der Waals surface area (Å²) in [5.41, 5.74) is 0. The van der Waals surface area contributed by atoms with E-state index in [0.717, 1.165) is 0 Å². The van der Waals surface area contributed by atoms with Crippen LogP contribution < -0.4 is 24.8 Å². The topological polar surface area (TPSA) is 126 Å². The van der Waals surface area contributed by atoms with E-state index in [1.54, 1.807) is 0 Å². The van der Waals surface area contributed by atoms with E-state index >= 15 is 0 Å². The van der Waals surface area contributed by atoms with Crippen LogP contribution in [0.15, 0.2) is 0 Å². The van der Waals surface area contributed by atoms with E-state index in [1.165, 1.54) is 0 Å². The summed E-state index contributed by atoms with van der Waals surface area (Å²) >= 11 is 6.49. The van der Waals surface area contributed by atoms with Crippen molar-refractivity contribution in [3.05, 3.63) is 0 Å². The number of hydrogen-bond donors (Lipinski definition) is 0. The molecule has 0 N–H and O–H groups in total. The van der Waals surface area contributed by atoms with Crippen molar-refractivity contribution in [2.75, 3.05) is 0 Å².